The molecule has 0 aliphatic carbocycles. The summed E-state index contributed by atoms with van der Waals surface area (Å²) < 4.78 is 12.3. The Labute approximate surface area is 204 Å². The Morgan fingerprint density at radius 1 is 1.12 bits per heavy atom. The van der Waals surface area contributed by atoms with Gasteiger partial charge in [0, 0.05) is 23.7 Å². The summed E-state index contributed by atoms with van der Waals surface area (Å²) in [6, 6.07) is 14.7. The molecule has 0 bridgehead atoms. The van der Waals surface area contributed by atoms with Crippen LogP contribution < -0.4 is 10.8 Å². The number of benzene rings is 2. The molecular weight excluding hydrogens is 449 g/mol. The maximum Gasteiger partial charge on any atom is 0.494 e. The van der Waals surface area contributed by atoms with Crippen LogP contribution in [-0.4, -0.2) is 47.4 Å². The van der Waals surface area contributed by atoms with Gasteiger partial charge in [-0.2, -0.15) is 0 Å². The average Bonchev–Trinajstić information content (AvgIpc) is 3.33. The molecule has 2 aromatic carbocycles. The highest BCUT2D eigenvalue weighted by Gasteiger charge is 2.51. The topological polar surface area (TPSA) is 80.8 Å². The fraction of sp³-hybridized carbons (Fsp3) is 0.320. The maximum absolute atomic E-state index is 12.8. The molecule has 2 heterocycles. The van der Waals surface area contributed by atoms with Gasteiger partial charge in [-0.15, -0.1) is 11.3 Å². The molecule has 3 aromatic rings. The third-order valence-electron chi connectivity index (χ3n) is 6.28. The third kappa shape index (κ3) is 4.92. The largest absolute Gasteiger partial charge is 0.494 e. The summed E-state index contributed by atoms with van der Waals surface area (Å²) in [7, 11) is 1.26. The van der Waals surface area contributed by atoms with Gasteiger partial charge < -0.3 is 19.5 Å². The Morgan fingerprint density at radius 2 is 1.82 bits per heavy atom. The standard InChI is InChI=1S/C25H28BN3O4S/c1-24(2)25(3,4)33-26(32-24)18-10-8-11-19(13-18)27-23-28-20(16-34-23)14-29(5)22(31)21-12-7-6-9-17(21)15-30/h6-13,15-16H,14H2,1-5H3,(H,27,28). The molecule has 34 heavy (non-hydrogen) atoms. The van der Waals surface area contributed by atoms with Crippen LogP contribution in [0.25, 0.3) is 0 Å². The Balaban J connectivity index is 1.42. The van der Waals surface area contributed by atoms with Crippen molar-refractivity contribution in [2.75, 3.05) is 12.4 Å². The van der Waals surface area contributed by atoms with E-state index in [9.17, 15) is 9.59 Å². The fourth-order valence-corrected chi connectivity index (χ4v) is 4.34. The van der Waals surface area contributed by atoms with Gasteiger partial charge in [0.1, 0.15) is 0 Å². The predicted octanol–water partition coefficient (Wildman–Crippen LogP) is 4.27. The monoisotopic (exact) mass is 477 g/mol. The van der Waals surface area contributed by atoms with Crippen LogP contribution in [0.15, 0.2) is 53.9 Å². The van der Waals surface area contributed by atoms with E-state index in [4.69, 9.17) is 9.31 Å². The van der Waals surface area contributed by atoms with Crippen molar-refractivity contribution in [3.63, 3.8) is 0 Å². The van der Waals surface area contributed by atoms with Crippen molar-refractivity contribution < 1.29 is 18.9 Å². The van der Waals surface area contributed by atoms with Crippen molar-refractivity contribution in [1.29, 1.82) is 0 Å². The molecule has 1 aliphatic rings. The quantitative estimate of drug-likeness (QED) is 0.405. The van der Waals surface area contributed by atoms with Crippen LogP contribution >= 0.6 is 11.3 Å². The second kappa shape index (κ2) is 9.33. The first-order valence-corrected chi connectivity index (χ1v) is 11.9. The van der Waals surface area contributed by atoms with Crippen molar-refractivity contribution in [3.05, 3.63) is 70.7 Å². The Bertz CT molecular complexity index is 1190. The van der Waals surface area contributed by atoms with Gasteiger partial charge in [-0.05, 0) is 51.4 Å². The first kappa shape index (κ1) is 24.1. The molecule has 1 N–H and O–H groups in total. The van der Waals surface area contributed by atoms with Gasteiger partial charge in [-0.1, -0.05) is 30.3 Å². The summed E-state index contributed by atoms with van der Waals surface area (Å²) in [5.74, 6) is -0.222. The zero-order valence-electron chi connectivity index (χ0n) is 20.0. The summed E-state index contributed by atoms with van der Waals surface area (Å²) in [6.07, 6.45) is 0.698. The van der Waals surface area contributed by atoms with Crippen molar-refractivity contribution in [2.24, 2.45) is 0 Å². The van der Waals surface area contributed by atoms with Crippen LogP contribution in [0, 0.1) is 0 Å². The van der Waals surface area contributed by atoms with Crippen molar-refractivity contribution in [1.82, 2.24) is 9.88 Å². The van der Waals surface area contributed by atoms with Gasteiger partial charge in [-0.25, -0.2) is 4.98 Å². The van der Waals surface area contributed by atoms with E-state index in [-0.39, 0.29) is 5.91 Å². The second-order valence-corrected chi connectivity index (χ2v) is 10.2. The van der Waals surface area contributed by atoms with E-state index < -0.39 is 18.3 Å². The molecule has 0 atom stereocenters. The van der Waals surface area contributed by atoms with Crippen LogP contribution in [0.4, 0.5) is 10.8 Å². The lowest BCUT2D eigenvalue weighted by atomic mass is 9.79. The van der Waals surface area contributed by atoms with Gasteiger partial charge in [0.25, 0.3) is 5.91 Å². The molecule has 1 saturated heterocycles. The molecule has 0 unspecified atom stereocenters. The number of aldehydes is 1. The average molecular weight is 477 g/mol. The van der Waals surface area contributed by atoms with E-state index in [0.717, 1.165) is 22.0 Å². The molecule has 7 nitrogen and oxygen atoms in total. The lowest BCUT2D eigenvalue weighted by Crippen LogP contribution is -2.41. The van der Waals surface area contributed by atoms with Crippen molar-refractivity contribution in [3.8, 4) is 0 Å². The SMILES string of the molecule is CN(Cc1csc(Nc2cccc(B3OC(C)(C)C(C)(C)O3)c2)n1)C(=O)c1ccccc1C=O. The fourth-order valence-electron chi connectivity index (χ4n) is 3.62. The molecular formula is C25H28BN3O4S. The minimum atomic E-state index is -0.437. The van der Waals surface area contributed by atoms with Gasteiger partial charge in [-0.3, -0.25) is 9.59 Å². The summed E-state index contributed by atoms with van der Waals surface area (Å²) in [4.78, 5) is 30.2. The maximum atomic E-state index is 12.8. The van der Waals surface area contributed by atoms with E-state index >= 15 is 0 Å². The molecule has 0 saturated carbocycles. The zero-order chi connectivity index (χ0) is 24.5. The van der Waals surface area contributed by atoms with Gasteiger partial charge >= 0.3 is 7.12 Å². The van der Waals surface area contributed by atoms with Crippen LogP contribution in [0.5, 0.6) is 0 Å². The first-order valence-electron chi connectivity index (χ1n) is 11.1. The van der Waals surface area contributed by atoms with Gasteiger partial charge in [0.15, 0.2) is 11.4 Å². The number of rotatable bonds is 7. The predicted molar refractivity (Wildman–Crippen MR) is 135 cm³/mol. The van der Waals surface area contributed by atoms with E-state index in [2.05, 4.69) is 10.3 Å². The highest BCUT2D eigenvalue weighted by molar-refractivity contribution is 7.13. The number of thiazole rings is 1. The molecule has 1 amide bonds. The summed E-state index contributed by atoms with van der Waals surface area (Å²) in [6.45, 7) is 8.46. The minimum absolute atomic E-state index is 0.222. The summed E-state index contributed by atoms with van der Waals surface area (Å²) in [5, 5.41) is 5.96. The number of nitrogens with one attached hydrogen (secondary N) is 1. The lowest BCUT2D eigenvalue weighted by molar-refractivity contribution is 0.00578. The highest BCUT2D eigenvalue weighted by atomic mass is 32.1. The Hall–Kier alpha value is -3.01. The second-order valence-electron chi connectivity index (χ2n) is 9.35. The molecule has 4 rings (SSSR count). The van der Waals surface area contributed by atoms with E-state index in [0.29, 0.717) is 24.0 Å². The number of nitrogens with zero attached hydrogens (tertiary/aromatic N) is 2. The number of aromatic nitrogens is 1. The molecule has 0 radical (unpaired) electrons. The molecule has 9 heteroatoms. The molecule has 1 fully saturated rings. The number of hydrogen-bond donors (Lipinski definition) is 1. The normalized spacial score (nSPS) is 16.3. The van der Waals surface area contributed by atoms with Crippen molar-refractivity contribution >= 4 is 46.9 Å². The molecule has 176 valence electrons. The first-order chi connectivity index (χ1) is 16.1. The van der Waals surface area contributed by atoms with E-state index in [1.54, 1.807) is 36.2 Å². The molecule has 1 aromatic heterocycles. The summed E-state index contributed by atoms with van der Waals surface area (Å²) >= 11 is 1.46. The number of amides is 1. The number of anilines is 2. The smallest absolute Gasteiger partial charge is 0.399 e. The van der Waals surface area contributed by atoms with Crippen LogP contribution in [-0.2, 0) is 15.9 Å². The minimum Gasteiger partial charge on any atom is -0.399 e. The van der Waals surface area contributed by atoms with Gasteiger partial charge in [0.2, 0.25) is 0 Å². The van der Waals surface area contributed by atoms with Crippen LogP contribution in [0.3, 0.4) is 0 Å². The third-order valence-corrected chi connectivity index (χ3v) is 7.09. The summed E-state index contributed by atoms with van der Waals surface area (Å²) in [5.41, 5.74) is 2.52. The number of hydrogen-bond acceptors (Lipinski definition) is 7. The number of carbonyl (C=O) groups excluding carboxylic acids is 2. The van der Waals surface area contributed by atoms with Gasteiger partial charge in [0.05, 0.1) is 29.0 Å². The lowest BCUT2D eigenvalue weighted by Gasteiger charge is -2.32. The number of carbonyl (C=O) groups is 2. The molecule has 1 aliphatic heterocycles. The zero-order valence-corrected chi connectivity index (χ0v) is 20.8. The Kier molecular flexibility index (Phi) is 6.62. The highest BCUT2D eigenvalue weighted by Crippen LogP contribution is 2.36. The van der Waals surface area contributed by atoms with E-state index in [1.165, 1.54) is 11.3 Å². The van der Waals surface area contributed by atoms with Crippen molar-refractivity contribution in [2.45, 2.75) is 45.4 Å². The van der Waals surface area contributed by atoms with Crippen LogP contribution in [0.2, 0.25) is 0 Å². The van der Waals surface area contributed by atoms with Crippen LogP contribution in [0.1, 0.15) is 54.1 Å². The Morgan fingerprint density at radius 3 is 2.53 bits per heavy atom. The molecule has 0 spiro atoms. The van der Waals surface area contributed by atoms with E-state index in [1.807, 2.05) is 57.3 Å².